The van der Waals surface area contributed by atoms with E-state index in [1.807, 2.05) is 6.07 Å². The molecule has 2 rings (SSSR count). The Balaban J connectivity index is 2.36. The van der Waals surface area contributed by atoms with Crippen LogP contribution in [-0.4, -0.2) is 24.5 Å². The molecule has 17 heavy (non-hydrogen) atoms. The van der Waals surface area contributed by atoms with Crippen LogP contribution < -0.4 is 15.6 Å². The van der Waals surface area contributed by atoms with Gasteiger partial charge in [0.15, 0.2) is 6.61 Å². The summed E-state index contributed by atoms with van der Waals surface area (Å²) in [6, 6.07) is 8.53. The number of pyridine rings is 1. The molecule has 0 saturated carbocycles. The Labute approximate surface area is 97.4 Å². The Hall–Kier alpha value is -2.30. The number of nitrogens with one attached hydrogen (secondary N) is 2. The van der Waals surface area contributed by atoms with E-state index < -0.39 is 0 Å². The van der Waals surface area contributed by atoms with E-state index in [0.29, 0.717) is 11.3 Å². The molecule has 0 aliphatic rings. The highest BCUT2D eigenvalue weighted by atomic mass is 16.5. The highest BCUT2D eigenvalue weighted by molar-refractivity contribution is 5.84. The zero-order valence-electron chi connectivity index (χ0n) is 9.32. The van der Waals surface area contributed by atoms with Gasteiger partial charge in [0.05, 0.1) is 5.52 Å². The summed E-state index contributed by atoms with van der Waals surface area (Å²) in [5.41, 5.74) is 0.400. The monoisotopic (exact) mass is 232 g/mol. The summed E-state index contributed by atoms with van der Waals surface area (Å²) >= 11 is 0. The minimum absolute atomic E-state index is 0.0768. The molecule has 1 aromatic heterocycles. The minimum Gasteiger partial charge on any atom is -0.482 e. The van der Waals surface area contributed by atoms with E-state index in [1.54, 1.807) is 18.2 Å². The number of carbonyl (C=O) groups excluding carboxylic acids is 1. The van der Waals surface area contributed by atoms with Crippen LogP contribution >= 0.6 is 0 Å². The minimum atomic E-state index is -0.222. The van der Waals surface area contributed by atoms with Crippen LogP contribution in [0.2, 0.25) is 0 Å². The SMILES string of the molecule is CNC(=O)COc1cccc2ccc(=O)[nH]c12. The first-order valence-corrected chi connectivity index (χ1v) is 5.16. The van der Waals surface area contributed by atoms with Crippen LogP contribution in [-0.2, 0) is 4.79 Å². The second-order valence-corrected chi connectivity index (χ2v) is 3.50. The van der Waals surface area contributed by atoms with E-state index in [4.69, 9.17) is 4.74 Å². The Morgan fingerprint density at radius 1 is 1.35 bits per heavy atom. The normalized spacial score (nSPS) is 10.2. The maximum absolute atomic E-state index is 11.2. The molecule has 1 amide bonds. The van der Waals surface area contributed by atoms with Crippen LogP contribution in [0.3, 0.4) is 0 Å². The van der Waals surface area contributed by atoms with Crippen molar-refractivity contribution < 1.29 is 9.53 Å². The Morgan fingerprint density at radius 2 is 2.18 bits per heavy atom. The number of hydrogen-bond acceptors (Lipinski definition) is 3. The van der Waals surface area contributed by atoms with Gasteiger partial charge in [0.2, 0.25) is 5.56 Å². The molecule has 2 N–H and O–H groups in total. The van der Waals surface area contributed by atoms with Crippen molar-refractivity contribution in [3.63, 3.8) is 0 Å². The standard InChI is InChI=1S/C12H12N2O3/c1-13-11(16)7-17-9-4-2-3-8-5-6-10(15)14-12(8)9/h2-6H,7H2,1H3,(H,13,16)(H,14,15). The summed E-state index contributed by atoms with van der Waals surface area (Å²) in [6.07, 6.45) is 0. The van der Waals surface area contributed by atoms with Crippen molar-refractivity contribution in [1.82, 2.24) is 10.3 Å². The molecule has 0 saturated heterocycles. The summed E-state index contributed by atoms with van der Waals surface area (Å²) in [5.74, 6) is 0.268. The van der Waals surface area contributed by atoms with E-state index in [-0.39, 0.29) is 18.1 Å². The molecule has 5 nitrogen and oxygen atoms in total. The molecule has 0 aliphatic heterocycles. The third-order valence-corrected chi connectivity index (χ3v) is 2.36. The second-order valence-electron chi connectivity index (χ2n) is 3.50. The van der Waals surface area contributed by atoms with Gasteiger partial charge in [-0.15, -0.1) is 0 Å². The number of carbonyl (C=O) groups is 1. The summed E-state index contributed by atoms with van der Waals surface area (Å²) in [4.78, 5) is 25.0. The van der Waals surface area contributed by atoms with Gasteiger partial charge < -0.3 is 15.0 Å². The number of fused-ring (bicyclic) bond motifs is 1. The van der Waals surface area contributed by atoms with Crippen LogP contribution in [0, 0.1) is 0 Å². The molecule has 0 spiro atoms. The molecule has 1 heterocycles. The van der Waals surface area contributed by atoms with Crippen LogP contribution in [0.25, 0.3) is 10.9 Å². The molecule has 1 aromatic carbocycles. The van der Waals surface area contributed by atoms with Crippen LogP contribution in [0.4, 0.5) is 0 Å². The maximum Gasteiger partial charge on any atom is 0.257 e. The number of benzene rings is 1. The molecule has 88 valence electrons. The van der Waals surface area contributed by atoms with Crippen LogP contribution in [0.1, 0.15) is 0 Å². The van der Waals surface area contributed by atoms with E-state index in [2.05, 4.69) is 10.3 Å². The van der Waals surface area contributed by atoms with Gasteiger partial charge in [-0.05, 0) is 12.1 Å². The molecule has 0 atom stereocenters. The highest BCUT2D eigenvalue weighted by Crippen LogP contribution is 2.21. The average Bonchev–Trinajstić information content (AvgIpc) is 2.35. The van der Waals surface area contributed by atoms with Crippen molar-refractivity contribution in [2.24, 2.45) is 0 Å². The molecular formula is C12H12N2O3. The number of hydrogen-bond donors (Lipinski definition) is 2. The fourth-order valence-corrected chi connectivity index (χ4v) is 1.49. The molecular weight excluding hydrogens is 220 g/mol. The van der Waals surface area contributed by atoms with Crippen molar-refractivity contribution in [1.29, 1.82) is 0 Å². The lowest BCUT2D eigenvalue weighted by Crippen LogP contribution is -2.25. The fourth-order valence-electron chi connectivity index (χ4n) is 1.49. The lowest BCUT2D eigenvalue weighted by atomic mass is 10.2. The van der Waals surface area contributed by atoms with Crippen molar-refractivity contribution in [3.05, 3.63) is 40.7 Å². The maximum atomic E-state index is 11.2. The predicted octanol–water partition coefficient (Wildman–Crippen LogP) is 0.653. The number of para-hydroxylation sites is 1. The summed E-state index contributed by atoms with van der Waals surface area (Å²) in [5, 5.41) is 3.32. The summed E-state index contributed by atoms with van der Waals surface area (Å²) in [6.45, 7) is -0.0768. The Morgan fingerprint density at radius 3 is 2.94 bits per heavy atom. The van der Waals surface area contributed by atoms with Gasteiger partial charge in [-0.3, -0.25) is 9.59 Å². The zero-order chi connectivity index (χ0) is 12.3. The van der Waals surface area contributed by atoms with Gasteiger partial charge in [-0.1, -0.05) is 12.1 Å². The Kier molecular flexibility index (Phi) is 3.09. The number of aromatic nitrogens is 1. The van der Waals surface area contributed by atoms with Gasteiger partial charge in [0.25, 0.3) is 5.91 Å². The summed E-state index contributed by atoms with van der Waals surface area (Å²) in [7, 11) is 1.54. The van der Waals surface area contributed by atoms with Crippen LogP contribution in [0.5, 0.6) is 5.75 Å². The number of H-pyrrole nitrogens is 1. The first kappa shape index (κ1) is 11.2. The highest BCUT2D eigenvalue weighted by Gasteiger charge is 2.05. The average molecular weight is 232 g/mol. The molecule has 0 fully saturated rings. The Bertz CT molecular complexity index is 604. The van der Waals surface area contributed by atoms with Gasteiger partial charge in [-0.25, -0.2) is 0 Å². The van der Waals surface area contributed by atoms with E-state index in [1.165, 1.54) is 13.1 Å². The molecule has 0 radical (unpaired) electrons. The third-order valence-electron chi connectivity index (χ3n) is 2.36. The largest absolute Gasteiger partial charge is 0.482 e. The van der Waals surface area contributed by atoms with Crippen molar-refractivity contribution >= 4 is 16.8 Å². The number of amides is 1. The number of likely N-dealkylation sites (N-methyl/N-ethyl adjacent to an activating group) is 1. The fraction of sp³-hybridized carbons (Fsp3) is 0.167. The lowest BCUT2D eigenvalue weighted by Gasteiger charge is -2.07. The first-order valence-electron chi connectivity index (χ1n) is 5.16. The molecule has 5 heteroatoms. The molecule has 0 unspecified atom stereocenters. The topological polar surface area (TPSA) is 71.2 Å². The van der Waals surface area contributed by atoms with E-state index in [9.17, 15) is 9.59 Å². The van der Waals surface area contributed by atoms with E-state index in [0.717, 1.165) is 5.39 Å². The third kappa shape index (κ3) is 2.44. The number of ether oxygens (including phenoxy) is 1. The van der Waals surface area contributed by atoms with Gasteiger partial charge >= 0.3 is 0 Å². The lowest BCUT2D eigenvalue weighted by molar-refractivity contribution is -0.122. The quantitative estimate of drug-likeness (QED) is 0.816. The first-order chi connectivity index (χ1) is 8.20. The van der Waals surface area contributed by atoms with Gasteiger partial charge in [0.1, 0.15) is 5.75 Å². The smallest absolute Gasteiger partial charge is 0.257 e. The molecule has 0 aliphatic carbocycles. The number of aromatic amines is 1. The second kappa shape index (κ2) is 4.69. The molecule has 0 bridgehead atoms. The van der Waals surface area contributed by atoms with E-state index >= 15 is 0 Å². The summed E-state index contributed by atoms with van der Waals surface area (Å²) < 4.78 is 5.34. The van der Waals surface area contributed by atoms with Crippen molar-refractivity contribution in [3.8, 4) is 5.75 Å². The van der Waals surface area contributed by atoms with Crippen molar-refractivity contribution in [2.45, 2.75) is 0 Å². The zero-order valence-corrected chi connectivity index (χ0v) is 9.32. The molecule has 2 aromatic rings. The van der Waals surface area contributed by atoms with Crippen molar-refractivity contribution in [2.75, 3.05) is 13.7 Å². The predicted molar refractivity (Wildman–Crippen MR) is 64.1 cm³/mol. The van der Waals surface area contributed by atoms with Gasteiger partial charge in [0, 0.05) is 18.5 Å². The van der Waals surface area contributed by atoms with Gasteiger partial charge in [-0.2, -0.15) is 0 Å². The van der Waals surface area contributed by atoms with Crippen LogP contribution in [0.15, 0.2) is 35.1 Å². The number of rotatable bonds is 3.